The standard InChI is InChI=1S/C22H19ClN2O2S/c1-15-4-10-19(11-5-15)24-22(28)20(25-12-2-3-16(13-25)14-26)21(27)17-6-8-18(23)9-7-17/h2-13,26H,14H2,1H3,(H-,24,27,28). The van der Waals surface area contributed by atoms with Crippen LogP contribution in [0.1, 0.15) is 16.7 Å². The first kappa shape index (κ1) is 20.0. The molecule has 0 fully saturated rings. The van der Waals surface area contributed by atoms with E-state index in [4.69, 9.17) is 23.8 Å². The first-order chi connectivity index (χ1) is 13.5. The monoisotopic (exact) mass is 410 g/mol. The van der Waals surface area contributed by atoms with Gasteiger partial charge in [-0.15, -0.1) is 0 Å². The normalized spacial score (nSPS) is 11.7. The second-order valence-corrected chi connectivity index (χ2v) is 7.13. The predicted molar refractivity (Wildman–Crippen MR) is 115 cm³/mol. The molecule has 142 valence electrons. The molecule has 0 saturated carbocycles. The van der Waals surface area contributed by atoms with Gasteiger partial charge in [0.15, 0.2) is 17.4 Å². The number of nitrogens with one attached hydrogen (secondary N) is 1. The third kappa shape index (κ3) is 4.75. The van der Waals surface area contributed by atoms with Crippen molar-refractivity contribution in [2.45, 2.75) is 13.5 Å². The molecule has 0 aliphatic heterocycles. The summed E-state index contributed by atoms with van der Waals surface area (Å²) in [6, 6.07) is 17.9. The minimum absolute atomic E-state index is 0.137. The summed E-state index contributed by atoms with van der Waals surface area (Å²) >= 11 is 11.5. The fraction of sp³-hybridized carbons (Fsp3) is 0.0909. The number of pyridine rings is 1. The molecule has 0 radical (unpaired) electrons. The van der Waals surface area contributed by atoms with E-state index in [1.54, 1.807) is 53.4 Å². The van der Waals surface area contributed by atoms with Gasteiger partial charge in [0.25, 0.3) is 0 Å². The molecule has 0 aliphatic carbocycles. The van der Waals surface area contributed by atoms with Crippen LogP contribution in [0.2, 0.25) is 5.02 Å². The van der Waals surface area contributed by atoms with Crippen LogP contribution in [0.15, 0.2) is 73.1 Å². The Morgan fingerprint density at radius 1 is 1.11 bits per heavy atom. The molecule has 4 nitrogen and oxygen atoms in total. The van der Waals surface area contributed by atoms with Gasteiger partial charge >= 0.3 is 0 Å². The Morgan fingerprint density at radius 3 is 2.43 bits per heavy atom. The van der Waals surface area contributed by atoms with Crippen LogP contribution in [0.3, 0.4) is 0 Å². The Hall–Kier alpha value is -2.73. The highest BCUT2D eigenvalue weighted by Crippen LogP contribution is 2.19. The molecule has 0 spiro atoms. The molecule has 0 aliphatic rings. The molecule has 3 aromatic rings. The summed E-state index contributed by atoms with van der Waals surface area (Å²) < 4.78 is 1.63. The molecule has 0 unspecified atom stereocenters. The van der Waals surface area contributed by atoms with E-state index in [0.29, 0.717) is 16.1 Å². The van der Waals surface area contributed by atoms with Gasteiger partial charge in [0.2, 0.25) is 5.70 Å². The first-order valence-corrected chi connectivity index (χ1v) is 9.43. The van der Waals surface area contributed by atoms with Gasteiger partial charge in [-0.25, -0.2) is 0 Å². The van der Waals surface area contributed by atoms with Crippen molar-refractivity contribution in [1.82, 2.24) is 0 Å². The molecule has 0 saturated heterocycles. The van der Waals surface area contributed by atoms with Crippen LogP contribution in [0, 0.1) is 6.92 Å². The van der Waals surface area contributed by atoms with E-state index in [1.807, 2.05) is 31.2 Å². The highest BCUT2D eigenvalue weighted by Gasteiger charge is 2.19. The molecule has 1 aromatic heterocycles. The number of benzene rings is 2. The molecule has 0 atom stereocenters. The summed E-state index contributed by atoms with van der Waals surface area (Å²) in [7, 11) is 0. The Kier molecular flexibility index (Phi) is 6.41. The van der Waals surface area contributed by atoms with E-state index in [0.717, 1.165) is 11.3 Å². The zero-order chi connectivity index (χ0) is 20.1. The van der Waals surface area contributed by atoms with E-state index >= 15 is 0 Å². The Morgan fingerprint density at radius 2 is 1.79 bits per heavy atom. The van der Waals surface area contributed by atoms with Crippen molar-refractivity contribution in [3.8, 4) is 0 Å². The number of hydrogen-bond acceptors (Lipinski definition) is 3. The Balaban J connectivity index is 2.07. The Labute approximate surface area is 174 Å². The van der Waals surface area contributed by atoms with Gasteiger partial charge in [-0.05, 0) is 48.6 Å². The third-order valence-corrected chi connectivity index (χ3v) is 4.70. The lowest BCUT2D eigenvalue weighted by molar-refractivity contribution is -0.578. The van der Waals surface area contributed by atoms with Gasteiger partial charge in [0.1, 0.15) is 0 Å². The Bertz CT molecular complexity index is 1020. The lowest BCUT2D eigenvalue weighted by Gasteiger charge is -2.17. The lowest BCUT2D eigenvalue weighted by Crippen LogP contribution is -2.40. The number of thiocarbonyl (C=S) groups is 1. The van der Waals surface area contributed by atoms with Gasteiger partial charge in [-0.2, -0.15) is 4.57 Å². The zero-order valence-electron chi connectivity index (χ0n) is 15.2. The maximum atomic E-state index is 13.3. The number of anilines is 1. The van der Waals surface area contributed by atoms with Crippen LogP contribution in [0.4, 0.5) is 5.69 Å². The summed E-state index contributed by atoms with van der Waals surface area (Å²) in [5.74, 6) is -0.249. The van der Waals surface area contributed by atoms with Crippen LogP contribution in [0.25, 0.3) is 11.5 Å². The summed E-state index contributed by atoms with van der Waals surface area (Å²) in [5.41, 5.74) is 3.34. The number of nitrogens with zero attached hydrogens (tertiary/aromatic N) is 1. The molecule has 6 heteroatoms. The number of aliphatic hydroxyl groups is 1. The van der Waals surface area contributed by atoms with Crippen molar-refractivity contribution in [3.63, 3.8) is 0 Å². The number of aromatic nitrogens is 1. The lowest BCUT2D eigenvalue weighted by atomic mass is 10.1. The van der Waals surface area contributed by atoms with Crippen molar-refractivity contribution in [3.05, 3.63) is 94.8 Å². The van der Waals surface area contributed by atoms with Crippen molar-refractivity contribution in [2.75, 3.05) is 5.32 Å². The minimum atomic E-state index is -0.249. The highest BCUT2D eigenvalue weighted by molar-refractivity contribution is 7.81. The molecule has 3 rings (SSSR count). The highest BCUT2D eigenvalue weighted by atomic mass is 35.5. The first-order valence-electron chi connectivity index (χ1n) is 8.64. The molecule has 0 bridgehead atoms. The van der Waals surface area contributed by atoms with Crippen molar-refractivity contribution < 1.29 is 14.8 Å². The smallest absolute Gasteiger partial charge is 0.238 e. The summed E-state index contributed by atoms with van der Waals surface area (Å²) in [5, 5.41) is 26.4. The second-order valence-electron chi connectivity index (χ2n) is 6.28. The summed E-state index contributed by atoms with van der Waals surface area (Å²) in [6.45, 7) is 1.86. The SMILES string of the molecule is Cc1ccc(NC(=S)/C(=C(\[O-])c2ccc(Cl)cc2)[n+]2cccc(CO)c2)cc1. The average Bonchev–Trinajstić information content (AvgIpc) is 2.70. The number of hydrogen-bond donors (Lipinski definition) is 2. The zero-order valence-corrected chi connectivity index (χ0v) is 16.8. The predicted octanol–water partition coefficient (Wildman–Crippen LogP) is 3.55. The number of rotatable bonds is 5. The van der Waals surface area contributed by atoms with E-state index < -0.39 is 0 Å². The molecular formula is C22H19ClN2O2S. The van der Waals surface area contributed by atoms with Crippen molar-refractivity contribution in [2.24, 2.45) is 0 Å². The fourth-order valence-electron chi connectivity index (χ4n) is 2.66. The fourth-order valence-corrected chi connectivity index (χ4v) is 3.10. The van der Waals surface area contributed by atoms with Gasteiger partial charge in [0.05, 0.1) is 6.61 Å². The van der Waals surface area contributed by atoms with Crippen LogP contribution in [-0.4, -0.2) is 10.1 Å². The number of aliphatic hydroxyl groups excluding tert-OH is 1. The van der Waals surface area contributed by atoms with Crippen molar-refractivity contribution in [1.29, 1.82) is 0 Å². The third-order valence-electron chi connectivity index (χ3n) is 4.15. The van der Waals surface area contributed by atoms with E-state index in [1.165, 1.54) is 0 Å². The van der Waals surface area contributed by atoms with Crippen LogP contribution in [-0.2, 0) is 6.61 Å². The largest absolute Gasteiger partial charge is 0.867 e. The summed E-state index contributed by atoms with van der Waals surface area (Å²) in [4.78, 5) is 0.281. The van der Waals surface area contributed by atoms with E-state index in [2.05, 4.69) is 5.32 Å². The number of aryl methyl sites for hydroxylation is 1. The molecule has 28 heavy (non-hydrogen) atoms. The van der Waals surface area contributed by atoms with Gasteiger partial charge < -0.3 is 15.5 Å². The quantitative estimate of drug-likeness (QED) is 0.292. The number of halogens is 1. The molecular weight excluding hydrogens is 392 g/mol. The van der Waals surface area contributed by atoms with E-state index in [9.17, 15) is 10.2 Å². The molecule has 2 aromatic carbocycles. The van der Waals surface area contributed by atoms with Gasteiger partial charge in [0, 0.05) is 22.3 Å². The van der Waals surface area contributed by atoms with E-state index in [-0.39, 0.29) is 23.1 Å². The molecule has 1 heterocycles. The average molecular weight is 411 g/mol. The van der Waals surface area contributed by atoms with Crippen LogP contribution >= 0.6 is 23.8 Å². The minimum Gasteiger partial charge on any atom is -0.867 e. The molecule has 0 amide bonds. The topological polar surface area (TPSA) is 59.2 Å². The van der Waals surface area contributed by atoms with Crippen LogP contribution < -0.4 is 15.0 Å². The molecule has 2 N–H and O–H groups in total. The van der Waals surface area contributed by atoms with Crippen molar-refractivity contribution >= 4 is 46.0 Å². The maximum absolute atomic E-state index is 13.3. The maximum Gasteiger partial charge on any atom is 0.238 e. The van der Waals surface area contributed by atoms with Crippen LogP contribution in [0.5, 0.6) is 0 Å². The van der Waals surface area contributed by atoms with Gasteiger partial charge in [-0.3, -0.25) is 0 Å². The summed E-state index contributed by atoms with van der Waals surface area (Å²) in [6.07, 6.45) is 3.41. The van der Waals surface area contributed by atoms with Gasteiger partial charge in [-0.1, -0.05) is 53.6 Å². The second kappa shape index (κ2) is 8.97.